The number of amides is 2. The molecule has 0 atom stereocenters. The number of aromatic nitrogens is 1. The van der Waals surface area contributed by atoms with Gasteiger partial charge in [-0.1, -0.05) is 0 Å². The van der Waals surface area contributed by atoms with E-state index in [1.54, 1.807) is 29.4 Å². The van der Waals surface area contributed by atoms with Gasteiger partial charge in [0.05, 0.1) is 6.21 Å². The van der Waals surface area contributed by atoms with Crippen molar-refractivity contribution in [2.24, 2.45) is 5.10 Å². The van der Waals surface area contributed by atoms with E-state index < -0.39 is 11.8 Å². The second kappa shape index (κ2) is 6.63. The van der Waals surface area contributed by atoms with E-state index in [1.807, 2.05) is 0 Å². The zero-order valence-corrected chi connectivity index (χ0v) is 10.6. The Bertz CT molecular complexity index is 467. The Balaban J connectivity index is 1.83. The molecule has 0 bridgehead atoms. The van der Waals surface area contributed by atoms with Crippen molar-refractivity contribution in [1.82, 2.24) is 15.3 Å². The summed E-state index contributed by atoms with van der Waals surface area (Å²) in [6.07, 6.45) is 7.76. The van der Waals surface area contributed by atoms with Crippen LogP contribution in [0.2, 0.25) is 0 Å². The van der Waals surface area contributed by atoms with Crippen molar-refractivity contribution in [1.29, 1.82) is 0 Å². The van der Waals surface area contributed by atoms with E-state index in [0.717, 1.165) is 24.8 Å². The molecule has 1 aliphatic rings. The Kier molecular flexibility index (Phi) is 4.60. The van der Waals surface area contributed by atoms with E-state index >= 15 is 0 Å². The third-order valence-electron chi connectivity index (χ3n) is 2.92. The molecular formula is C13H16N4O2. The number of pyridine rings is 1. The van der Waals surface area contributed by atoms with Crippen molar-refractivity contribution in [3.63, 3.8) is 0 Å². The van der Waals surface area contributed by atoms with Crippen molar-refractivity contribution in [2.75, 3.05) is 13.1 Å². The maximum atomic E-state index is 11.8. The van der Waals surface area contributed by atoms with Crippen LogP contribution in [0, 0.1) is 0 Å². The number of carbonyl (C=O) groups is 2. The second-order valence-corrected chi connectivity index (χ2v) is 4.33. The molecule has 0 radical (unpaired) electrons. The lowest BCUT2D eigenvalue weighted by molar-refractivity contribution is -0.146. The molecule has 100 valence electrons. The first-order valence-electron chi connectivity index (χ1n) is 6.30. The van der Waals surface area contributed by atoms with E-state index in [-0.39, 0.29) is 0 Å². The van der Waals surface area contributed by atoms with E-state index in [2.05, 4.69) is 15.5 Å². The number of likely N-dealkylation sites (tertiary alicyclic amines) is 1. The van der Waals surface area contributed by atoms with Crippen LogP contribution in [-0.4, -0.2) is 41.0 Å². The minimum absolute atomic E-state index is 0.508. The van der Waals surface area contributed by atoms with E-state index in [9.17, 15) is 9.59 Å². The Labute approximate surface area is 111 Å². The Morgan fingerprint density at radius 1 is 1.21 bits per heavy atom. The second-order valence-electron chi connectivity index (χ2n) is 4.33. The van der Waals surface area contributed by atoms with Crippen LogP contribution in [0.15, 0.2) is 29.6 Å². The van der Waals surface area contributed by atoms with Gasteiger partial charge in [0.2, 0.25) is 0 Å². The average molecular weight is 260 g/mol. The minimum atomic E-state index is -0.688. The molecule has 2 rings (SSSR count). The molecule has 1 saturated heterocycles. The van der Waals surface area contributed by atoms with Gasteiger partial charge in [-0.3, -0.25) is 14.6 Å². The Morgan fingerprint density at radius 2 is 1.89 bits per heavy atom. The predicted octanol–water partition coefficient (Wildman–Crippen LogP) is 0.544. The highest BCUT2D eigenvalue weighted by Crippen LogP contribution is 2.08. The number of carbonyl (C=O) groups excluding carboxylic acids is 2. The van der Waals surface area contributed by atoms with Gasteiger partial charge in [-0.05, 0) is 37.0 Å². The highest BCUT2D eigenvalue weighted by molar-refractivity contribution is 6.35. The number of hydrogen-bond donors (Lipinski definition) is 1. The zero-order chi connectivity index (χ0) is 13.5. The van der Waals surface area contributed by atoms with E-state index in [1.165, 1.54) is 6.21 Å². The summed E-state index contributed by atoms with van der Waals surface area (Å²) >= 11 is 0. The van der Waals surface area contributed by atoms with Crippen LogP contribution in [-0.2, 0) is 9.59 Å². The summed E-state index contributed by atoms with van der Waals surface area (Å²) in [5, 5.41) is 3.76. The highest BCUT2D eigenvalue weighted by atomic mass is 16.2. The van der Waals surface area contributed by atoms with Gasteiger partial charge in [0.1, 0.15) is 0 Å². The fourth-order valence-corrected chi connectivity index (χ4v) is 1.90. The van der Waals surface area contributed by atoms with Gasteiger partial charge in [0.15, 0.2) is 0 Å². The van der Waals surface area contributed by atoms with E-state index in [0.29, 0.717) is 13.1 Å². The van der Waals surface area contributed by atoms with Crippen LogP contribution in [0.4, 0.5) is 0 Å². The first-order valence-corrected chi connectivity index (χ1v) is 6.30. The lowest BCUT2D eigenvalue weighted by atomic mass is 10.1. The summed E-state index contributed by atoms with van der Waals surface area (Å²) in [6.45, 7) is 1.31. The van der Waals surface area contributed by atoms with Gasteiger partial charge in [-0.2, -0.15) is 5.10 Å². The van der Waals surface area contributed by atoms with Gasteiger partial charge in [0.25, 0.3) is 0 Å². The molecule has 0 unspecified atom stereocenters. The summed E-state index contributed by atoms with van der Waals surface area (Å²) in [5.74, 6) is -1.20. The highest BCUT2D eigenvalue weighted by Gasteiger charge is 2.22. The van der Waals surface area contributed by atoms with Crippen LogP contribution in [0.1, 0.15) is 24.8 Å². The smallest absolute Gasteiger partial charge is 0.329 e. The van der Waals surface area contributed by atoms with Crippen LogP contribution in [0.3, 0.4) is 0 Å². The monoisotopic (exact) mass is 260 g/mol. The molecule has 0 aromatic carbocycles. The van der Waals surface area contributed by atoms with Gasteiger partial charge < -0.3 is 4.90 Å². The molecule has 2 heterocycles. The zero-order valence-electron chi connectivity index (χ0n) is 10.6. The van der Waals surface area contributed by atoms with Crippen LogP contribution >= 0.6 is 0 Å². The van der Waals surface area contributed by atoms with Crippen molar-refractivity contribution in [3.05, 3.63) is 30.1 Å². The number of rotatable bonds is 2. The first kappa shape index (κ1) is 13.2. The van der Waals surface area contributed by atoms with Gasteiger partial charge in [-0.25, -0.2) is 5.43 Å². The molecule has 6 heteroatoms. The molecule has 0 aliphatic carbocycles. The Hall–Kier alpha value is -2.24. The molecule has 1 aliphatic heterocycles. The third-order valence-corrected chi connectivity index (χ3v) is 2.92. The van der Waals surface area contributed by atoms with Gasteiger partial charge >= 0.3 is 11.8 Å². The fourth-order valence-electron chi connectivity index (χ4n) is 1.90. The fraction of sp³-hybridized carbons (Fsp3) is 0.385. The van der Waals surface area contributed by atoms with Crippen LogP contribution in [0.25, 0.3) is 0 Å². The number of hydrogen-bond acceptors (Lipinski definition) is 4. The lowest BCUT2D eigenvalue weighted by Gasteiger charge is -2.25. The van der Waals surface area contributed by atoms with Crippen molar-refractivity contribution in [3.8, 4) is 0 Å². The summed E-state index contributed by atoms with van der Waals surface area (Å²) in [4.78, 5) is 28.8. The predicted molar refractivity (Wildman–Crippen MR) is 70.4 cm³/mol. The molecule has 0 spiro atoms. The molecule has 2 amide bonds. The molecule has 1 N–H and O–H groups in total. The first-order chi connectivity index (χ1) is 9.27. The van der Waals surface area contributed by atoms with Gasteiger partial charge in [-0.15, -0.1) is 0 Å². The number of piperidine rings is 1. The number of hydrazone groups is 1. The standard InChI is InChI=1S/C13H16N4O2/c18-12(13(19)17-8-2-1-3-9-17)16-15-10-11-4-6-14-7-5-11/h4-7,10H,1-3,8-9H2,(H,16,18)/b15-10-. The normalized spacial score (nSPS) is 15.5. The third kappa shape index (κ3) is 3.87. The van der Waals surface area contributed by atoms with Crippen molar-refractivity contribution < 1.29 is 9.59 Å². The van der Waals surface area contributed by atoms with Gasteiger partial charge in [0, 0.05) is 25.5 Å². The molecule has 0 saturated carbocycles. The molecule has 6 nitrogen and oxygen atoms in total. The quantitative estimate of drug-likeness (QED) is 0.479. The average Bonchev–Trinajstić information content (AvgIpc) is 2.48. The lowest BCUT2D eigenvalue weighted by Crippen LogP contribution is -2.43. The topological polar surface area (TPSA) is 74.7 Å². The maximum Gasteiger partial charge on any atom is 0.329 e. The Morgan fingerprint density at radius 3 is 2.58 bits per heavy atom. The maximum absolute atomic E-state index is 11.8. The minimum Gasteiger partial charge on any atom is -0.334 e. The number of nitrogens with one attached hydrogen (secondary N) is 1. The van der Waals surface area contributed by atoms with Crippen molar-refractivity contribution in [2.45, 2.75) is 19.3 Å². The molecule has 1 aromatic heterocycles. The summed E-state index contributed by atoms with van der Waals surface area (Å²) in [7, 11) is 0. The molecule has 19 heavy (non-hydrogen) atoms. The van der Waals surface area contributed by atoms with Crippen molar-refractivity contribution >= 4 is 18.0 Å². The molecule has 1 aromatic rings. The number of nitrogens with zero attached hydrogens (tertiary/aromatic N) is 3. The largest absolute Gasteiger partial charge is 0.334 e. The SMILES string of the molecule is O=C(N/N=C\c1ccncc1)C(=O)N1CCCCC1. The summed E-state index contributed by atoms with van der Waals surface area (Å²) < 4.78 is 0. The van der Waals surface area contributed by atoms with Crippen LogP contribution in [0.5, 0.6) is 0 Å². The summed E-state index contributed by atoms with van der Waals surface area (Å²) in [6, 6.07) is 3.50. The molecule has 1 fully saturated rings. The van der Waals surface area contributed by atoms with E-state index in [4.69, 9.17) is 0 Å². The molecular weight excluding hydrogens is 244 g/mol. The summed E-state index contributed by atoms with van der Waals surface area (Å²) in [5.41, 5.74) is 3.05. The van der Waals surface area contributed by atoms with Crippen LogP contribution < -0.4 is 5.43 Å².